The van der Waals surface area contributed by atoms with Crippen LogP contribution in [0.5, 0.6) is 5.75 Å². The maximum atomic E-state index is 13.2. The zero-order chi connectivity index (χ0) is 13.5. The quantitative estimate of drug-likeness (QED) is 0.593. The number of hydrogen-bond acceptors (Lipinski definition) is 1. The molecule has 1 heterocycles. The van der Waals surface area contributed by atoms with E-state index in [1.807, 2.05) is 6.92 Å². The van der Waals surface area contributed by atoms with Gasteiger partial charge >= 0.3 is 12.3 Å². The lowest BCUT2D eigenvalue weighted by molar-refractivity contribution is -0.127. The van der Waals surface area contributed by atoms with Gasteiger partial charge < -0.3 is 4.74 Å². The first-order valence-corrected chi connectivity index (χ1v) is 6.33. The zero-order valence-electron chi connectivity index (χ0n) is 9.47. The molecule has 0 aromatic heterocycles. The second-order valence-corrected chi connectivity index (χ2v) is 5.25. The highest BCUT2D eigenvalue weighted by Crippen LogP contribution is 2.44. The molecule has 0 spiro atoms. The molecule has 100 valence electrons. The van der Waals surface area contributed by atoms with Crippen LogP contribution in [0.2, 0.25) is 0 Å². The number of fused-ring (bicyclic) bond motifs is 1. The Morgan fingerprint density at radius 1 is 1.39 bits per heavy atom. The van der Waals surface area contributed by atoms with Crippen LogP contribution in [0.3, 0.4) is 0 Å². The van der Waals surface area contributed by atoms with Crippen molar-refractivity contribution in [1.29, 1.82) is 0 Å². The average molecular weight is 327 g/mol. The van der Waals surface area contributed by atoms with Crippen LogP contribution >= 0.6 is 15.9 Å². The van der Waals surface area contributed by atoms with Gasteiger partial charge in [-0.2, -0.15) is 8.78 Å². The van der Waals surface area contributed by atoms with Gasteiger partial charge in [-0.3, -0.25) is 0 Å². The van der Waals surface area contributed by atoms with Gasteiger partial charge in [0, 0.05) is 6.42 Å². The molecule has 1 aromatic carbocycles. The van der Waals surface area contributed by atoms with Crippen LogP contribution < -0.4 is 4.74 Å². The van der Waals surface area contributed by atoms with Gasteiger partial charge in [0.1, 0.15) is 16.7 Å². The molecule has 2 rings (SSSR count). The minimum absolute atomic E-state index is 0.0142. The molecular formula is C12H11BrF4O. The van der Waals surface area contributed by atoms with Crippen LogP contribution in [0.15, 0.2) is 18.2 Å². The Labute approximate surface area is 110 Å². The third-order valence-corrected chi connectivity index (χ3v) is 3.98. The van der Waals surface area contributed by atoms with E-state index >= 15 is 0 Å². The molecule has 2 unspecified atom stereocenters. The van der Waals surface area contributed by atoms with E-state index in [1.54, 1.807) is 6.07 Å². The van der Waals surface area contributed by atoms with E-state index < -0.39 is 17.2 Å². The first-order chi connectivity index (χ1) is 8.32. The highest BCUT2D eigenvalue weighted by molar-refractivity contribution is 9.09. The summed E-state index contributed by atoms with van der Waals surface area (Å²) in [6.07, 6.45) is -3.12. The minimum Gasteiger partial charge on any atom is -0.490 e. The van der Waals surface area contributed by atoms with Gasteiger partial charge in [-0.05, 0) is 24.1 Å². The molecular weight excluding hydrogens is 316 g/mol. The Hall–Kier alpha value is -0.780. The van der Waals surface area contributed by atoms with Crippen molar-refractivity contribution in [3.05, 3.63) is 29.3 Å². The number of halogens is 5. The molecule has 0 amide bonds. The van der Waals surface area contributed by atoms with Crippen molar-refractivity contribution in [3.8, 4) is 5.75 Å². The number of benzene rings is 1. The molecule has 1 aromatic rings. The molecule has 0 saturated heterocycles. The van der Waals surface area contributed by atoms with Gasteiger partial charge in [-0.15, -0.1) is 0 Å². The smallest absolute Gasteiger partial charge is 0.323 e. The summed E-state index contributed by atoms with van der Waals surface area (Å²) in [7, 11) is 0. The Bertz CT molecular complexity index is 450. The molecule has 18 heavy (non-hydrogen) atoms. The van der Waals surface area contributed by atoms with Crippen molar-refractivity contribution >= 4 is 15.9 Å². The molecule has 0 fully saturated rings. The van der Waals surface area contributed by atoms with Crippen LogP contribution in [-0.4, -0.2) is 18.5 Å². The van der Waals surface area contributed by atoms with E-state index in [0.29, 0.717) is 12.2 Å². The first kappa shape index (κ1) is 13.6. The van der Waals surface area contributed by atoms with E-state index in [-0.39, 0.29) is 11.7 Å². The summed E-state index contributed by atoms with van der Waals surface area (Å²) in [6, 6.07) is 4.42. The van der Waals surface area contributed by atoms with E-state index in [1.165, 1.54) is 12.1 Å². The zero-order valence-corrected chi connectivity index (χ0v) is 11.1. The predicted octanol–water partition coefficient (Wildman–Crippen LogP) is 4.35. The molecule has 0 bridgehead atoms. The Kier molecular flexibility index (Phi) is 3.58. The summed E-state index contributed by atoms with van der Waals surface area (Å²) in [5.41, 5.74) is 0.909. The Morgan fingerprint density at radius 2 is 2.06 bits per heavy atom. The third-order valence-electron chi connectivity index (χ3n) is 2.84. The lowest BCUT2D eigenvalue weighted by Gasteiger charge is -2.21. The van der Waals surface area contributed by atoms with Gasteiger partial charge in [0.2, 0.25) is 0 Å². The highest BCUT2D eigenvalue weighted by atomic mass is 79.9. The SMILES string of the molecule is CC1Cc2cc(C(Br)C(F)(F)C(F)F)ccc2O1. The fourth-order valence-electron chi connectivity index (χ4n) is 1.93. The normalized spacial score (nSPS) is 20.7. The van der Waals surface area contributed by atoms with Crippen molar-refractivity contribution in [2.24, 2.45) is 0 Å². The maximum absolute atomic E-state index is 13.2. The number of ether oxygens (including phenoxy) is 1. The molecule has 2 atom stereocenters. The second-order valence-electron chi connectivity index (χ2n) is 4.34. The fourth-order valence-corrected chi connectivity index (χ4v) is 2.42. The van der Waals surface area contributed by atoms with Gasteiger partial charge in [0.25, 0.3) is 0 Å². The van der Waals surface area contributed by atoms with E-state index in [9.17, 15) is 17.6 Å². The standard InChI is InChI=1S/C12H11BrF4O/c1-6-4-8-5-7(2-3-9(8)18-6)10(13)12(16,17)11(14)15/h2-3,5-6,10-11H,4H2,1H3. The average Bonchev–Trinajstić information content (AvgIpc) is 2.66. The molecule has 0 aliphatic carbocycles. The Balaban J connectivity index is 2.28. The molecule has 0 N–H and O–H groups in total. The van der Waals surface area contributed by atoms with Crippen LogP contribution in [-0.2, 0) is 6.42 Å². The second kappa shape index (κ2) is 4.72. The van der Waals surface area contributed by atoms with Crippen molar-refractivity contribution in [3.63, 3.8) is 0 Å². The lowest BCUT2D eigenvalue weighted by atomic mass is 10.0. The summed E-state index contributed by atoms with van der Waals surface area (Å²) in [6.45, 7) is 1.86. The Morgan fingerprint density at radius 3 is 2.67 bits per heavy atom. The molecule has 0 radical (unpaired) electrons. The molecule has 6 heteroatoms. The van der Waals surface area contributed by atoms with Crippen LogP contribution in [0, 0.1) is 0 Å². The predicted molar refractivity (Wildman–Crippen MR) is 62.9 cm³/mol. The van der Waals surface area contributed by atoms with Gasteiger partial charge in [-0.25, -0.2) is 8.78 Å². The molecule has 1 aliphatic rings. The van der Waals surface area contributed by atoms with Crippen molar-refractivity contribution < 1.29 is 22.3 Å². The molecule has 1 nitrogen and oxygen atoms in total. The van der Waals surface area contributed by atoms with Gasteiger partial charge in [0.05, 0.1) is 0 Å². The monoisotopic (exact) mass is 326 g/mol. The van der Waals surface area contributed by atoms with Crippen molar-refractivity contribution in [2.45, 2.75) is 36.6 Å². The van der Waals surface area contributed by atoms with Crippen LogP contribution in [0.1, 0.15) is 22.9 Å². The minimum atomic E-state index is -4.10. The van der Waals surface area contributed by atoms with Crippen molar-refractivity contribution in [2.75, 3.05) is 0 Å². The molecule has 1 aliphatic heterocycles. The van der Waals surface area contributed by atoms with E-state index in [4.69, 9.17) is 4.74 Å². The highest BCUT2D eigenvalue weighted by Gasteiger charge is 2.48. The maximum Gasteiger partial charge on any atom is 0.323 e. The number of rotatable bonds is 3. The summed E-state index contributed by atoms with van der Waals surface area (Å²) >= 11 is 2.66. The number of alkyl halides is 5. The van der Waals surface area contributed by atoms with Crippen LogP contribution in [0.25, 0.3) is 0 Å². The van der Waals surface area contributed by atoms with Crippen molar-refractivity contribution in [1.82, 2.24) is 0 Å². The van der Waals surface area contributed by atoms with Gasteiger partial charge in [0.15, 0.2) is 0 Å². The summed E-state index contributed by atoms with van der Waals surface area (Å²) in [5, 5.41) is 0. The summed E-state index contributed by atoms with van der Waals surface area (Å²) < 4.78 is 56.4. The topological polar surface area (TPSA) is 9.23 Å². The first-order valence-electron chi connectivity index (χ1n) is 5.42. The van der Waals surface area contributed by atoms with Gasteiger partial charge in [-0.1, -0.05) is 28.1 Å². The fraction of sp³-hybridized carbons (Fsp3) is 0.500. The van der Waals surface area contributed by atoms with Crippen LogP contribution in [0.4, 0.5) is 17.6 Å². The van der Waals surface area contributed by atoms with E-state index in [2.05, 4.69) is 15.9 Å². The summed E-state index contributed by atoms with van der Waals surface area (Å²) in [5.74, 6) is -3.47. The van der Waals surface area contributed by atoms with E-state index in [0.717, 1.165) is 5.56 Å². The largest absolute Gasteiger partial charge is 0.490 e. The third kappa shape index (κ3) is 2.35. The lowest BCUT2D eigenvalue weighted by Crippen LogP contribution is -2.31. The number of hydrogen-bond donors (Lipinski definition) is 0. The summed E-state index contributed by atoms with van der Waals surface area (Å²) in [4.78, 5) is -1.70. The molecule has 0 saturated carbocycles.